The molecule has 1 unspecified atom stereocenters. The van der Waals surface area contributed by atoms with Gasteiger partial charge in [0.15, 0.2) is 0 Å². The molecular formula is C11H15N3O4. The summed E-state index contributed by atoms with van der Waals surface area (Å²) in [6.45, 7) is 3.63. The molecule has 0 aliphatic rings. The number of carboxylic acid groups (broad SMARTS) is 1. The van der Waals surface area contributed by atoms with E-state index in [1.165, 1.54) is 6.20 Å². The Labute approximate surface area is 103 Å². The van der Waals surface area contributed by atoms with Gasteiger partial charge in [-0.25, -0.2) is 4.98 Å². The molecule has 1 amide bonds. The number of nitrogens with one attached hydrogen (secondary N) is 2. The van der Waals surface area contributed by atoms with Crippen LogP contribution in [0.1, 0.15) is 30.8 Å². The summed E-state index contributed by atoms with van der Waals surface area (Å²) in [6.07, 6.45) is 2.03. The number of carbonyl (C=O) groups excluding carboxylic acids is 1. The number of carbonyl (C=O) groups is 2. The van der Waals surface area contributed by atoms with Gasteiger partial charge in [0.05, 0.1) is 12.6 Å². The first-order valence-electron chi connectivity index (χ1n) is 5.47. The van der Waals surface area contributed by atoms with E-state index in [1.54, 1.807) is 0 Å². The molecule has 7 nitrogen and oxygen atoms in total. The molecule has 0 spiro atoms. The lowest BCUT2D eigenvalue weighted by Crippen LogP contribution is -2.40. The van der Waals surface area contributed by atoms with Gasteiger partial charge < -0.3 is 15.4 Å². The van der Waals surface area contributed by atoms with Gasteiger partial charge in [-0.05, 0) is 5.92 Å². The zero-order chi connectivity index (χ0) is 13.7. The Balaban J connectivity index is 2.75. The van der Waals surface area contributed by atoms with E-state index in [2.05, 4.69) is 15.3 Å². The van der Waals surface area contributed by atoms with Crippen LogP contribution in [0.25, 0.3) is 0 Å². The van der Waals surface area contributed by atoms with Crippen molar-refractivity contribution in [2.45, 2.75) is 26.3 Å². The third-order valence-electron chi connectivity index (χ3n) is 2.42. The lowest BCUT2D eigenvalue weighted by molar-refractivity contribution is -0.137. The van der Waals surface area contributed by atoms with Crippen LogP contribution in [0.5, 0.6) is 0 Å². The fourth-order valence-electron chi connectivity index (χ4n) is 1.35. The van der Waals surface area contributed by atoms with Gasteiger partial charge in [0.2, 0.25) is 0 Å². The van der Waals surface area contributed by atoms with Crippen LogP contribution in [0.15, 0.2) is 17.2 Å². The van der Waals surface area contributed by atoms with Crippen molar-refractivity contribution < 1.29 is 14.7 Å². The summed E-state index contributed by atoms with van der Waals surface area (Å²) in [7, 11) is 0. The van der Waals surface area contributed by atoms with Crippen molar-refractivity contribution in [3.8, 4) is 0 Å². The smallest absolute Gasteiger partial charge is 0.305 e. The Morgan fingerprint density at radius 2 is 2.17 bits per heavy atom. The number of aromatic nitrogens is 2. The highest BCUT2D eigenvalue weighted by atomic mass is 16.4. The van der Waals surface area contributed by atoms with Crippen molar-refractivity contribution in [1.82, 2.24) is 15.3 Å². The molecule has 1 aromatic rings. The first kappa shape index (κ1) is 13.9. The molecule has 1 heterocycles. The number of aromatic amines is 1. The van der Waals surface area contributed by atoms with Crippen molar-refractivity contribution >= 4 is 11.9 Å². The molecule has 0 saturated carbocycles. The summed E-state index contributed by atoms with van der Waals surface area (Å²) >= 11 is 0. The largest absolute Gasteiger partial charge is 0.481 e. The third-order valence-corrected chi connectivity index (χ3v) is 2.42. The maximum absolute atomic E-state index is 11.8. The maximum Gasteiger partial charge on any atom is 0.305 e. The van der Waals surface area contributed by atoms with Gasteiger partial charge >= 0.3 is 5.97 Å². The minimum absolute atomic E-state index is 0.0205. The minimum Gasteiger partial charge on any atom is -0.481 e. The average Bonchev–Trinajstić information content (AvgIpc) is 2.28. The van der Waals surface area contributed by atoms with E-state index in [0.29, 0.717) is 0 Å². The van der Waals surface area contributed by atoms with Crippen LogP contribution >= 0.6 is 0 Å². The van der Waals surface area contributed by atoms with Gasteiger partial charge in [-0.2, -0.15) is 0 Å². The Hall–Kier alpha value is -2.18. The second-order valence-corrected chi connectivity index (χ2v) is 4.22. The molecule has 98 valence electrons. The van der Waals surface area contributed by atoms with E-state index in [-0.39, 0.29) is 18.0 Å². The number of amides is 1. The highest BCUT2D eigenvalue weighted by Crippen LogP contribution is 2.07. The second kappa shape index (κ2) is 5.95. The number of hydrogen-bond donors (Lipinski definition) is 3. The highest BCUT2D eigenvalue weighted by Gasteiger charge is 2.20. The quantitative estimate of drug-likeness (QED) is 0.683. The predicted molar refractivity (Wildman–Crippen MR) is 63.2 cm³/mol. The molecule has 18 heavy (non-hydrogen) atoms. The summed E-state index contributed by atoms with van der Waals surface area (Å²) in [5.74, 6) is -1.51. The van der Waals surface area contributed by atoms with Crippen LogP contribution in [-0.2, 0) is 4.79 Å². The van der Waals surface area contributed by atoms with E-state index in [1.807, 2.05) is 13.8 Å². The van der Waals surface area contributed by atoms with Gasteiger partial charge in [0, 0.05) is 12.2 Å². The Kier molecular flexibility index (Phi) is 4.59. The van der Waals surface area contributed by atoms with Crippen LogP contribution in [0, 0.1) is 5.92 Å². The Morgan fingerprint density at radius 3 is 2.61 bits per heavy atom. The SMILES string of the molecule is CC(C)C(CC(=O)O)NC(=O)c1c[nH]c(=O)cn1. The van der Waals surface area contributed by atoms with E-state index >= 15 is 0 Å². The number of carboxylic acids is 1. The van der Waals surface area contributed by atoms with Crippen LogP contribution in [0.3, 0.4) is 0 Å². The van der Waals surface area contributed by atoms with E-state index in [4.69, 9.17) is 5.11 Å². The molecule has 0 saturated heterocycles. The number of nitrogens with zero attached hydrogens (tertiary/aromatic N) is 1. The normalized spacial score (nSPS) is 12.2. The van der Waals surface area contributed by atoms with Crippen LogP contribution in [0.2, 0.25) is 0 Å². The third kappa shape index (κ3) is 4.00. The van der Waals surface area contributed by atoms with Crippen molar-refractivity contribution in [1.29, 1.82) is 0 Å². The first-order chi connectivity index (χ1) is 8.40. The maximum atomic E-state index is 11.8. The highest BCUT2D eigenvalue weighted by molar-refractivity contribution is 5.92. The topological polar surface area (TPSA) is 112 Å². The van der Waals surface area contributed by atoms with Gasteiger partial charge in [-0.15, -0.1) is 0 Å². The molecule has 0 aliphatic heterocycles. The van der Waals surface area contributed by atoms with Gasteiger partial charge in [-0.3, -0.25) is 14.4 Å². The number of H-pyrrole nitrogens is 1. The molecule has 0 fully saturated rings. The van der Waals surface area contributed by atoms with E-state index < -0.39 is 23.5 Å². The van der Waals surface area contributed by atoms with Gasteiger partial charge in [0.25, 0.3) is 11.5 Å². The van der Waals surface area contributed by atoms with Crippen LogP contribution in [0.4, 0.5) is 0 Å². The second-order valence-electron chi connectivity index (χ2n) is 4.22. The Morgan fingerprint density at radius 1 is 1.50 bits per heavy atom. The monoisotopic (exact) mass is 253 g/mol. The standard InChI is InChI=1S/C11H15N3O4/c1-6(2)7(3-10(16)17)14-11(18)8-4-13-9(15)5-12-8/h4-7H,3H2,1-2H3,(H,13,15)(H,14,18)(H,16,17). The zero-order valence-corrected chi connectivity index (χ0v) is 10.1. The van der Waals surface area contributed by atoms with E-state index in [9.17, 15) is 14.4 Å². The van der Waals surface area contributed by atoms with Crippen molar-refractivity contribution in [3.05, 3.63) is 28.4 Å². The van der Waals surface area contributed by atoms with Crippen LogP contribution in [-0.4, -0.2) is 33.0 Å². The fraction of sp³-hybridized carbons (Fsp3) is 0.455. The Bertz CT molecular complexity index is 475. The molecule has 0 aliphatic carbocycles. The molecule has 1 atom stereocenters. The molecule has 7 heteroatoms. The van der Waals surface area contributed by atoms with E-state index in [0.717, 1.165) is 6.20 Å². The van der Waals surface area contributed by atoms with Crippen LogP contribution < -0.4 is 10.9 Å². The summed E-state index contributed by atoms with van der Waals surface area (Å²) in [5, 5.41) is 11.3. The molecule has 1 aromatic heterocycles. The van der Waals surface area contributed by atoms with Crippen molar-refractivity contribution in [3.63, 3.8) is 0 Å². The van der Waals surface area contributed by atoms with Gasteiger partial charge in [0.1, 0.15) is 5.69 Å². The molecule has 1 rings (SSSR count). The van der Waals surface area contributed by atoms with Gasteiger partial charge in [-0.1, -0.05) is 13.8 Å². The predicted octanol–water partition coefficient (Wildman–Crippen LogP) is -0.00100. The lowest BCUT2D eigenvalue weighted by Gasteiger charge is -2.20. The number of rotatable bonds is 5. The number of hydrogen-bond acceptors (Lipinski definition) is 4. The number of aliphatic carboxylic acids is 1. The first-order valence-corrected chi connectivity index (χ1v) is 5.47. The molecular weight excluding hydrogens is 238 g/mol. The van der Waals surface area contributed by atoms with Crippen molar-refractivity contribution in [2.75, 3.05) is 0 Å². The molecule has 3 N–H and O–H groups in total. The molecule has 0 bridgehead atoms. The fourth-order valence-corrected chi connectivity index (χ4v) is 1.35. The summed E-state index contributed by atoms with van der Waals surface area (Å²) in [4.78, 5) is 39.2. The minimum atomic E-state index is -0.983. The summed E-state index contributed by atoms with van der Waals surface area (Å²) in [5.41, 5.74) is -0.358. The molecule has 0 radical (unpaired) electrons. The summed E-state index contributed by atoms with van der Waals surface area (Å²) in [6, 6.07) is -0.483. The molecule has 0 aromatic carbocycles. The average molecular weight is 253 g/mol. The lowest BCUT2D eigenvalue weighted by atomic mass is 10.0. The van der Waals surface area contributed by atoms with Crippen molar-refractivity contribution in [2.24, 2.45) is 5.92 Å². The zero-order valence-electron chi connectivity index (χ0n) is 10.1. The summed E-state index contributed by atoms with van der Waals surface area (Å²) < 4.78 is 0.